The predicted molar refractivity (Wildman–Crippen MR) is 89.2 cm³/mol. The van der Waals surface area contributed by atoms with Gasteiger partial charge in [0, 0.05) is 0 Å². The lowest BCUT2D eigenvalue weighted by molar-refractivity contribution is -0.146. The molecule has 0 heterocycles. The molecule has 0 aromatic heterocycles. The van der Waals surface area contributed by atoms with Gasteiger partial charge in [0.25, 0.3) is 5.91 Å². The first-order valence-electron chi connectivity index (χ1n) is 7.44. The molecule has 0 bridgehead atoms. The lowest BCUT2D eigenvalue weighted by Gasteiger charge is -2.10. The third kappa shape index (κ3) is 5.20. The van der Waals surface area contributed by atoms with E-state index in [9.17, 15) is 14.0 Å². The van der Waals surface area contributed by atoms with Crippen LogP contribution < -0.4 is 14.8 Å². The zero-order chi connectivity index (χ0) is 18.2. The van der Waals surface area contributed by atoms with Crippen LogP contribution in [-0.4, -0.2) is 32.7 Å². The van der Waals surface area contributed by atoms with Gasteiger partial charge in [0.2, 0.25) is 0 Å². The molecule has 1 amide bonds. The number of anilines is 1. The first-order valence-corrected chi connectivity index (χ1v) is 7.44. The number of rotatable bonds is 7. The van der Waals surface area contributed by atoms with Gasteiger partial charge in [-0.05, 0) is 29.8 Å². The number of methoxy groups -OCH3 is 2. The van der Waals surface area contributed by atoms with Crippen LogP contribution in [0.15, 0.2) is 42.5 Å². The van der Waals surface area contributed by atoms with Gasteiger partial charge in [-0.25, -0.2) is 4.39 Å². The molecule has 0 aliphatic carbocycles. The molecule has 0 aliphatic rings. The molecule has 1 N–H and O–H groups in total. The summed E-state index contributed by atoms with van der Waals surface area (Å²) in [4.78, 5) is 23.6. The Labute approximate surface area is 144 Å². The van der Waals surface area contributed by atoms with Crippen molar-refractivity contribution in [1.29, 1.82) is 0 Å². The van der Waals surface area contributed by atoms with E-state index in [0.717, 1.165) is 0 Å². The summed E-state index contributed by atoms with van der Waals surface area (Å²) < 4.78 is 28.4. The average Bonchev–Trinajstić information content (AvgIpc) is 2.60. The number of esters is 1. The van der Waals surface area contributed by atoms with E-state index in [4.69, 9.17) is 14.2 Å². The number of amides is 1. The van der Waals surface area contributed by atoms with E-state index in [2.05, 4.69) is 5.32 Å². The molecule has 25 heavy (non-hydrogen) atoms. The van der Waals surface area contributed by atoms with E-state index in [-0.39, 0.29) is 12.2 Å². The van der Waals surface area contributed by atoms with Crippen molar-refractivity contribution < 1.29 is 28.2 Å². The molecular formula is C18H18FNO5. The second-order valence-corrected chi connectivity index (χ2v) is 5.05. The highest BCUT2D eigenvalue weighted by atomic mass is 19.1. The Morgan fingerprint density at radius 3 is 2.44 bits per heavy atom. The lowest BCUT2D eigenvalue weighted by atomic mass is 10.1. The van der Waals surface area contributed by atoms with E-state index in [1.54, 1.807) is 30.3 Å². The maximum absolute atomic E-state index is 13.6. The van der Waals surface area contributed by atoms with Crippen molar-refractivity contribution in [1.82, 2.24) is 0 Å². The molecular weight excluding hydrogens is 329 g/mol. The minimum Gasteiger partial charge on any atom is -0.495 e. The van der Waals surface area contributed by atoms with Crippen LogP contribution in [-0.2, 0) is 20.7 Å². The fourth-order valence-corrected chi connectivity index (χ4v) is 2.12. The van der Waals surface area contributed by atoms with Crippen molar-refractivity contribution in [3.63, 3.8) is 0 Å². The SMILES string of the molecule is COc1ccc(CC(=O)OCC(=O)Nc2ccccc2OC)cc1F. The lowest BCUT2D eigenvalue weighted by Crippen LogP contribution is -2.22. The summed E-state index contributed by atoms with van der Waals surface area (Å²) in [5, 5.41) is 2.59. The molecule has 0 aliphatic heterocycles. The van der Waals surface area contributed by atoms with E-state index < -0.39 is 24.3 Å². The molecule has 2 rings (SSSR count). The zero-order valence-corrected chi connectivity index (χ0v) is 13.9. The van der Waals surface area contributed by atoms with E-state index in [0.29, 0.717) is 17.0 Å². The minimum atomic E-state index is -0.639. The number of para-hydroxylation sites is 2. The Kier molecular flexibility index (Phi) is 6.33. The minimum absolute atomic E-state index is 0.0910. The van der Waals surface area contributed by atoms with Crippen molar-refractivity contribution in [2.75, 3.05) is 26.1 Å². The van der Waals surface area contributed by atoms with Crippen LogP contribution in [0.3, 0.4) is 0 Å². The van der Waals surface area contributed by atoms with Crippen LogP contribution in [0.1, 0.15) is 5.56 Å². The number of carbonyl (C=O) groups excluding carboxylic acids is 2. The summed E-state index contributed by atoms with van der Waals surface area (Å²) in [6.45, 7) is -0.449. The first-order chi connectivity index (χ1) is 12.0. The van der Waals surface area contributed by atoms with Crippen LogP contribution in [0.25, 0.3) is 0 Å². The first kappa shape index (κ1) is 18.3. The number of nitrogens with one attached hydrogen (secondary N) is 1. The monoisotopic (exact) mass is 347 g/mol. The molecule has 2 aromatic rings. The van der Waals surface area contributed by atoms with E-state index >= 15 is 0 Å². The summed E-state index contributed by atoms with van der Waals surface area (Å²) in [5.41, 5.74) is 0.900. The number of benzene rings is 2. The van der Waals surface area contributed by atoms with Gasteiger partial charge in [-0.15, -0.1) is 0 Å². The Morgan fingerprint density at radius 2 is 1.76 bits per heavy atom. The van der Waals surface area contributed by atoms with Crippen LogP contribution >= 0.6 is 0 Å². The Bertz CT molecular complexity index is 763. The van der Waals surface area contributed by atoms with Crippen LogP contribution in [0.5, 0.6) is 11.5 Å². The normalized spacial score (nSPS) is 10.0. The largest absolute Gasteiger partial charge is 0.495 e. The molecule has 6 nitrogen and oxygen atoms in total. The van der Waals surface area contributed by atoms with Gasteiger partial charge in [0.15, 0.2) is 18.2 Å². The molecule has 0 saturated heterocycles. The molecule has 0 saturated carbocycles. The Morgan fingerprint density at radius 1 is 1.04 bits per heavy atom. The summed E-state index contributed by atoms with van der Waals surface area (Å²) in [6.07, 6.45) is -0.150. The van der Waals surface area contributed by atoms with E-state index in [1.165, 1.54) is 26.4 Å². The number of halogens is 1. The van der Waals surface area contributed by atoms with Crippen molar-refractivity contribution in [3.05, 3.63) is 53.8 Å². The maximum Gasteiger partial charge on any atom is 0.310 e. The molecule has 2 aromatic carbocycles. The second kappa shape index (κ2) is 8.68. The van der Waals surface area contributed by atoms with Gasteiger partial charge in [-0.2, -0.15) is 0 Å². The quantitative estimate of drug-likeness (QED) is 0.779. The number of hydrogen-bond donors (Lipinski definition) is 1. The average molecular weight is 347 g/mol. The predicted octanol–water partition coefficient (Wildman–Crippen LogP) is 2.57. The molecule has 0 unspecified atom stereocenters. The Hall–Kier alpha value is -3.09. The van der Waals surface area contributed by atoms with Gasteiger partial charge in [-0.1, -0.05) is 18.2 Å². The van der Waals surface area contributed by atoms with Crippen LogP contribution in [0, 0.1) is 5.82 Å². The maximum atomic E-state index is 13.6. The van der Waals surface area contributed by atoms with Gasteiger partial charge in [-0.3, -0.25) is 9.59 Å². The third-order valence-electron chi connectivity index (χ3n) is 3.31. The van der Waals surface area contributed by atoms with E-state index in [1.807, 2.05) is 0 Å². The topological polar surface area (TPSA) is 73.9 Å². The number of carbonyl (C=O) groups is 2. The molecule has 0 radical (unpaired) electrons. The third-order valence-corrected chi connectivity index (χ3v) is 3.31. The second-order valence-electron chi connectivity index (χ2n) is 5.05. The number of hydrogen-bond acceptors (Lipinski definition) is 5. The highest BCUT2D eigenvalue weighted by Crippen LogP contribution is 2.22. The highest BCUT2D eigenvalue weighted by molar-refractivity contribution is 5.94. The van der Waals surface area contributed by atoms with Crippen LogP contribution in [0.4, 0.5) is 10.1 Å². The van der Waals surface area contributed by atoms with Gasteiger partial charge in [0.1, 0.15) is 5.75 Å². The standard InChI is InChI=1S/C18H18FNO5/c1-23-15-8-7-12(9-13(15)19)10-18(22)25-11-17(21)20-14-5-3-4-6-16(14)24-2/h3-9H,10-11H2,1-2H3,(H,20,21). The fraction of sp³-hybridized carbons (Fsp3) is 0.222. The summed E-state index contributed by atoms with van der Waals surface area (Å²) in [7, 11) is 2.84. The molecule has 0 spiro atoms. The number of ether oxygens (including phenoxy) is 3. The molecule has 0 fully saturated rings. The zero-order valence-electron chi connectivity index (χ0n) is 13.9. The van der Waals surface area contributed by atoms with Crippen molar-refractivity contribution in [3.8, 4) is 11.5 Å². The molecule has 7 heteroatoms. The highest BCUT2D eigenvalue weighted by Gasteiger charge is 2.12. The van der Waals surface area contributed by atoms with Crippen molar-refractivity contribution in [2.45, 2.75) is 6.42 Å². The van der Waals surface area contributed by atoms with Gasteiger partial charge < -0.3 is 19.5 Å². The Balaban J connectivity index is 1.85. The summed E-state index contributed by atoms with van der Waals surface area (Å²) >= 11 is 0. The fourth-order valence-electron chi connectivity index (χ4n) is 2.12. The smallest absolute Gasteiger partial charge is 0.310 e. The van der Waals surface area contributed by atoms with Gasteiger partial charge in [0.05, 0.1) is 26.3 Å². The molecule has 0 atom stereocenters. The van der Waals surface area contributed by atoms with Crippen LogP contribution in [0.2, 0.25) is 0 Å². The van der Waals surface area contributed by atoms with Gasteiger partial charge >= 0.3 is 5.97 Å². The summed E-state index contributed by atoms with van der Waals surface area (Å²) in [6, 6.07) is 11.0. The van der Waals surface area contributed by atoms with Crippen molar-refractivity contribution in [2.24, 2.45) is 0 Å². The summed E-state index contributed by atoms with van der Waals surface area (Å²) in [5.74, 6) is -1.12. The molecule has 132 valence electrons. The van der Waals surface area contributed by atoms with Crippen molar-refractivity contribution >= 4 is 17.6 Å².